The molecule has 4 rings (SSSR count). The van der Waals surface area contributed by atoms with Gasteiger partial charge in [-0.25, -0.2) is 0 Å². The van der Waals surface area contributed by atoms with E-state index in [9.17, 15) is 0 Å². The average molecular weight is 220 g/mol. The highest BCUT2D eigenvalue weighted by Crippen LogP contribution is 2.46. The van der Waals surface area contributed by atoms with Crippen molar-refractivity contribution < 1.29 is 5.48 Å². The van der Waals surface area contributed by atoms with Crippen molar-refractivity contribution in [3.63, 3.8) is 0 Å². The highest BCUT2D eigenvalue weighted by Gasteiger charge is 2.19. The lowest BCUT2D eigenvalue weighted by Gasteiger charge is -2.00. The molecule has 1 heteroatoms. The Kier molecular flexibility index (Phi) is 2.03. The summed E-state index contributed by atoms with van der Waals surface area (Å²) in [4.78, 5) is 0. The fourth-order valence-corrected chi connectivity index (χ4v) is 2.74. The first-order chi connectivity index (χ1) is 7.95. The Morgan fingerprint density at radius 2 is 0.941 bits per heavy atom. The van der Waals surface area contributed by atoms with Crippen LogP contribution in [0.1, 0.15) is 0 Å². The summed E-state index contributed by atoms with van der Waals surface area (Å²) in [6.45, 7) is 0. The van der Waals surface area contributed by atoms with Crippen molar-refractivity contribution >= 4 is 10.8 Å². The number of hydrogen-bond acceptors (Lipinski definition) is 0. The maximum atomic E-state index is 2.22. The Morgan fingerprint density at radius 3 is 1.47 bits per heavy atom. The normalized spacial score (nSPS) is 11.1. The summed E-state index contributed by atoms with van der Waals surface area (Å²) >= 11 is 0. The van der Waals surface area contributed by atoms with Crippen molar-refractivity contribution in [1.29, 1.82) is 0 Å². The Hall–Kier alpha value is -2.12. The van der Waals surface area contributed by atoms with Crippen LogP contribution in [0.25, 0.3) is 33.0 Å². The van der Waals surface area contributed by atoms with Gasteiger partial charge in [0.05, 0.1) is 0 Å². The van der Waals surface area contributed by atoms with Gasteiger partial charge >= 0.3 is 0 Å². The van der Waals surface area contributed by atoms with Gasteiger partial charge in [0.15, 0.2) is 0 Å². The van der Waals surface area contributed by atoms with Gasteiger partial charge in [0, 0.05) is 0 Å². The van der Waals surface area contributed by atoms with Crippen LogP contribution in [0.5, 0.6) is 0 Å². The first-order valence-electron chi connectivity index (χ1n) is 5.57. The van der Waals surface area contributed by atoms with Crippen LogP contribution in [0.15, 0.2) is 60.7 Å². The predicted molar refractivity (Wildman–Crippen MR) is 72.0 cm³/mol. The first-order valence-corrected chi connectivity index (χ1v) is 5.57. The maximum absolute atomic E-state index is 2.22. The van der Waals surface area contributed by atoms with Gasteiger partial charge in [0.2, 0.25) is 0 Å². The van der Waals surface area contributed by atoms with Crippen LogP contribution in [0, 0.1) is 0 Å². The van der Waals surface area contributed by atoms with Crippen LogP contribution in [-0.2, 0) is 0 Å². The van der Waals surface area contributed by atoms with Crippen molar-refractivity contribution in [2.24, 2.45) is 0 Å². The lowest BCUT2D eigenvalue weighted by molar-refractivity contribution is 0.824. The van der Waals surface area contributed by atoms with Crippen LogP contribution >= 0.6 is 0 Å². The maximum Gasteiger partial charge on any atom is -0.00264 e. The van der Waals surface area contributed by atoms with E-state index >= 15 is 0 Å². The highest BCUT2D eigenvalue weighted by molar-refractivity contribution is 6.15. The van der Waals surface area contributed by atoms with E-state index in [0.717, 1.165) is 0 Å². The van der Waals surface area contributed by atoms with Gasteiger partial charge in [-0.1, -0.05) is 60.7 Å². The molecule has 0 aromatic heterocycles. The minimum Gasteiger partial charge on any atom is -0.412 e. The van der Waals surface area contributed by atoms with Gasteiger partial charge in [-0.3, -0.25) is 0 Å². The van der Waals surface area contributed by atoms with E-state index in [2.05, 4.69) is 60.7 Å². The SMILES string of the molecule is O.c1ccc2c(c1)-c1cccc3cccc-2c13. The van der Waals surface area contributed by atoms with Crippen molar-refractivity contribution in [2.75, 3.05) is 0 Å². The molecule has 0 unspecified atom stereocenters. The van der Waals surface area contributed by atoms with E-state index in [4.69, 9.17) is 0 Å². The third-order valence-corrected chi connectivity index (χ3v) is 3.41. The summed E-state index contributed by atoms with van der Waals surface area (Å²) in [7, 11) is 0. The molecule has 3 aromatic rings. The van der Waals surface area contributed by atoms with Gasteiger partial charge in [-0.05, 0) is 33.0 Å². The highest BCUT2D eigenvalue weighted by atomic mass is 16.0. The molecule has 1 aliphatic rings. The zero-order valence-electron chi connectivity index (χ0n) is 9.27. The molecule has 1 nitrogen and oxygen atoms in total. The van der Waals surface area contributed by atoms with E-state index in [1.165, 1.54) is 33.0 Å². The lowest BCUT2D eigenvalue weighted by Crippen LogP contribution is -1.73. The fraction of sp³-hybridized carbons (Fsp3) is 0. The van der Waals surface area contributed by atoms with Crippen molar-refractivity contribution in [3.05, 3.63) is 60.7 Å². The van der Waals surface area contributed by atoms with E-state index in [1.807, 2.05) is 0 Å². The molecule has 0 saturated carbocycles. The van der Waals surface area contributed by atoms with Gasteiger partial charge in [0.25, 0.3) is 0 Å². The molecular weight excluding hydrogens is 208 g/mol. The number of hydrogen-bond donors (Lipinski definition) is 0. The van der Waals surface area contributed by atoms with E-state index in [0.29, 0.717) is 0 Å². The molecule has 0 fully saturated rings. The minimum absolute atomic E-state index is 0. The summed E-state index contributed by atoms with van der Waals surface area (Å²) in [5.74, 6) is 0. The molecule has 0 amide bonds. The predicted octanol–water partition coefficient (Wildman–Crippen LogP) is 3.66. The standard InChI is InChI=1S/C16H10.H2O/c1-2-8-13-12(7-1)14-9-3-5-11-6-4-10-15(13)16(11)14;/h1-10H;1H2. The Labute approximate surface area is 99.6 Å². The molecule has 1 aliphatic carbocycles. The van der Waals surface area contributed by atoms with Crippen LogP contribution in [-0.4, -0.2) is 5.48 Å². The summed E-state index contributed by atoms with van der Waals surface area (Å²) in [5.41, 5.74) is 5.50. The number of fused-ring (bicyclic) bond motifs is 3. The summed E-state index contributed by atoms with van der Waals surface area (Å²) in [5, 5.41) is 2.75. The van der Waals surface area contributed by atoms with Crippen LogP contribution in [0.2, 0.25) is 0 Å². The Morgan fingerprint density at radius 1 is 0.471 bits per heavy atom. The molecule has 82 valence electrons. The van der Waals surface area contributed by atoms with Crippen LogP contribution in [0.3, 0.4) is 0 Å². The third-order valence-electron chi connectivity index (χ3n) is 3.41. The van der Waals surface area contributed by atoms with Gasteiger partial charge < -0.3 is 5.48 Å². The first kappa shape index (κ1) is 10.1. The van der Waals surface area contributed by atoms with Gasteiger partial charge in [-0.15, -0.1) is 0 Å². The molecule has 2 N–H and O–H groups in total. The molecule has 0 atom stereocenters. The fourth-order valence-electron chi connectivity index (χ4n) is 2.74. The van der Waals surface area contributed by atoms with E-state index in [1.54, 1.807) is 0 Å². The molecule has 0 aliphatic heterocycles. The molecule has 0 bridgehead atoms. The lowest BCUT2D eigenvalue weighted by atomic mass is 10.0. The number of rotatable bonds is 0. The summed E-state index contributed by atoms with van der Waals surface area (Å²) in [6.07, 6.45) is 0. The van der Waals surface area contributed by atoms with Crippen LogP contribution < -0.4 is 0 Å². The van der Waals surface area contributed by atoms with Crippen molar-refractivity contribution in [1.82, 2.24) is 0 Å². The summed E-state index contributed by atoms with van der Waals surface area (Å²) in [6, 6.07) is 21.8. The second kappa shape index (κ2) is 3.44. The van der Waals surface area contributed by atoms with Gasteiger partial charge in [0.1, 0.15) is 0 Å². The third kappa shape index (κ3) is 1.17. The Bertz CT molecular complexity index is 656. The van der Waals surface area contributed by atoms with Gasteiger partial charge in [-0.2, -0.15) is 0 Å². The smallest absolute Gasteiger partial charge is 0.00264 e. The minimum atomic E-state index is 0. The largest absolute Gasteiger partial charge is 0.412 e. The molecule has 0 saturated heterocycles. The average Bonchev–Trinajstić information content (AvgIpc) is 2.68. The monoisotopic (exact) mass is 220 g/mol. The summed E-state index contributed by atoms with van der Waals surface area (Å²) < 4.78 is 0. The Balaban J connectivity index is 0.000000902. The van der Waals surface area contributed by atoms with Crippen molar-refractivity contribution in [3.8, 4) is 22.3 Å². The zero-order chi connectivity index (χ0) is 10.5. The van der Waals surface area contributed by atoms with E-state index in [-0.39, 0.29) is 5.48 Å². The molecule has 0 spiro atoms. The van der Waals surface area contributed by atoms with Crippen molar-refractivity contribution in [2.45, 2.75) is 0 Å². The molecule has 0 heterocycles. The second-order valence-electron chi connectivity index (χ2n) is 4.25. The molecule has 17 heavy (non-hydrogen) atoms. The second-order valence-corrected chi connectivity index (χ2v) is 4.25. The molecule has 3 aromatic carbocycles. The molecular formula is C16H12O. The van der Waals surface area contributed by atoms with E-state index < -0.39 is 0 Å². The number of benzene rings is 3. The molecule has 0 radical (unpaired) electrons. The zero-order valence-corrected chi connectivity index (χ0v) is 9.27. The quantitative estimate of drug-likeness (QED) is 0.433. The topological polar surface area (TPSA) is 31.5 Å². The van der Waals surface area contributed by atoms with Crippen LogP contribution in [0.4, 0.5) is 0 Å².